The molecule has 0 atom stereocenters. The van der Waals surface area contributed by atoms with E-state index in [2.05, 4.69) is 20.7 Å². The highest BCUT2D eigenvalue weighted by molar-refractivity contribution is 7.80. The number of thiocarbonyl (C=S) groups is 1. The third kappa shape index (κ3) is 3.71. The van der Waals surface area contributed by atoms with Crippen LogP contribution in [0.4, 0.5) is 5.82 Å². The molecule has 2 heterocycles. The highest BCUT2D eigenvalue weighted by Gasteiger charge is 2.07. The number of hydrogen-bond acceptors (Lipinski definition) is 5. The molecule has 19 heavy (non-hydrogen) atoms. The maximum atomic E-state index is 5.69. The van der Waals surface area contributed by atoms with Crippen LogP contribution in [-0.4, -0.2) is 21.5 Å². The van der Waals surface area contributed by atoms with E-state index in [1.165, 1.54) is 0 Å². The molecule has 2 aromatic heterocycles. The quantitative estimate of drug-likeness (QED) is 0.829. The summed E-state index contributed by atoms with van der Waals surface area (Å²) in [6.45, 7) is 4.71. The molecule has 0 bridgehead atoms. The van der Waals surface area contributed by atoms with Crippen molar-refractivity contribution in [3.05, 3.63) is 39.5 Å². The zero-order chi connectivity index (χ0) is 13.8. The van der Waals surface area contributed by atoms with Crippen molar-refractivity contribution in [1.29, 1.82) is 0 Å². The van der Waals surface area contributed by atoms with Gasteiger partial charge in [-0.15, -0.1) is 11.3 Å². The molecule has 0 spiro atoms. The molecular weight excluding hydrogens is 276 g/mol. The van der Waals surface area contributed by atoms with E-state index in [0.29, 0.717) is 4.99 Å². The van der Waals surface area contributed by atoms with Crippen molar-refractivity contribution in [3.63, 3.8) is 0 Å². The fraction of sp³-hybridized carbons (Fsp3) is 0.308. The number of hydrogen-bond donors (Lipinski definition) is 2. The Morgan fingerprint density at radius 1 is 1.37 bits per heavy atom. The minimum Gasteiger partial charge on any atom is -0.389 e. The van der Waals surface area contributed by atoms with Crippen LogP contribution >= 0.6 is 23.6 Å². The van der Waals surface area contributed by atoms with Crippen molar-refractivity contribution in [2.45, 2.75) is 20.3 Å². The Morgan fingerprint density at radius 2 is 2.16 bits per heavy atom. The van der Waals surface area contributed by atoms with Crippen LogP contribution in [0.1, 0.15) is 22.0 Å². The summed E-state index contributed by atoms with van der Waals surface area (Å²) >= 11 is 6.69. The number of thiazole rings is 1. The van der Waals surface area contributed by atoms with E-state index in [4.69, 9.17) is 18.0 Å². The maximum absolute atomic E-state index is 5.69. The maximum Gasteiger partial charge on any atom is 0.136 e. The van der Waals surface area contributed by atoms with E-state index in [-0.39, 0.29) is 0 Å². The molecule has 100 valence electrons. The molecule has 0 aliphatic carbocycles. The second kappa shape index (κ2) is 6.08. The lowest BCUT2D eigenvalue weighted by Crippen LogP contribution is -2.16. The largest absolute Gasteiger partial charge is 0.389 e. The zero-order valence-electron chi connectivity index (χ0n) is 10.9. The number of rotatable bonds is 5. The normalized spacial score (nSPS) is 10.4. The molecule has 0 unspecified atom stereocenters. The number of nitrogens with zero attached hydrogens (tertiary/aromatic N) is 2. The first-order valence-corrected chi connectivity index (χ1v) is 7.27. The van der Waals surface area contributed by atoms with Gasteiger partial charge in [0.15, 0.2) is 0 Å². The SMILES string of the molecule is Cc1ccc(C(N)=S)c(NCCc2csc(C)n2)n1. The number of aryl methyl sites for hydroxylation is 2. The smallest absolute Gasteiger partial charge is 0.136 e. The van der Waals surface area contributed by atoms with E-state index < -0.39 is 0 Å². The Morgan fingerprint density at radius 3 is 2.79 bits per heavy atom. The third-order valence-electron chi connectivity index (χ3n) is 2.64. The molecule has 2 aromatic rings. The molecule has 0 aliphatic heterocycles. The standard InChI is InChI=1S/C13H16N4S2/c1-8-3-4-11(12(14)18)13(16-8)15-6-5-10-7-19-9(2)17-10/h3-4,7H,5-6H2,1-2H3,(H2,14,18)(H,15,16). The molecular formula is C13H16N4S2. The predicted molar refractivity (Wildman–Crippen MR) is 83.9 cm³/mol. The van der Waals surface area contributed by atoms with Crippen molar-refractivity contribution in [3.8, 4) is 0 Å². The van der Waals surface area contributed by atoms with E-state index in [1.807, 2.05) is 26.0 Å². The molecule has 0 amide bonds. The molecule has 4 nitrogen and oxygen atoms in total. The zero-order valence-corrected chi connectivity index (χ0v) is 12.6. The second-order valence-electron chi connectivity index (χ2n) is 4.25. The van der Waals surface area contributed by atoms with Gasteiger partial charge in [-0.05, 0) is 26.0 Å². The van der Waals surface area contributed by atoms with E-state index in [0.717, 1.165) is 40.7 Å². The first kappa shape index (κ1) is 13.9. The van der Waals surface area contributed by atoms with Crippen LogP contribution in [0.3, 0.4) is 0 Å². The van der Waals surface area contributed by atoms with Crippen molar-refractivity contribution in [2.24, 2.45) is 5.73 Å². The minimum atomic E-state index is 0.361. The average molecular weight is 292 g/mol. The van der Waals surface area contributed by atoms with E-state index >= 15 is 0 Å². The van der Waals surface area contributed by atoms with Crippen LogP contribution in [-0.2, 0) is 6.42 Å². The Balaban J connectivity index is 2.02. The van der Waals surface area contributed by atoms with Gasteiger partial charge in [-0.25, -0.2) is 9.97 Å². The highest BCUT2D eigenvalue weighted by Crippen LogP contribution is 2.14. The van der Waals surface area contributed by atoms with Crippen LogP contribution < -0.4 is 11.1 Å². The third-order valence-corrected chi connectivity index (χ3v) is 3.68. The van der Waals surface area contributed by atoms with Gasteiger partial charge in [-0.3, -0.25) is 0 Å². The molecule has 0 radical (unpaired) electrons. The number of aromatic nitrogens is 2. The van der Waals surface area contributed by atoms with E-state index in [9.17, 15) is 0 Å². The summed E-state index contributed by atoms with van der Waals surface area (Å²) < 4.78 is 0. The summed E-state index contributed by atoms with van der Waals surface area (Å²) in [7, 11) is 0. The van der Waals surface area contributed by atoms with E-state index in [1.54, 1.807) is 11.3 Å². The summed E-state index contributed by atoms with van der Waals surface area (Å²) in [4.78, 5) is 9.22. The lowest BCUT2D eigenvalue weighted by atomic mass is 10.2. The van der Waals surface area contributed by atoms with Crippen molar-refractivity contribution < 1.29 is 0 Å². The lowest BCUT2D eigenvalue weighted by molar-refractivity contribution is 0.957. The molecule has 0 saturated heterocycles. The van der Waals surface area contributed by atoms with Gasteiger partial charge in [-0.1, -0.05) is 12.2 Å². The summed E-state index contributed by atoms with van der Waals surface area (Å²) in [5.41, 5.74) is 8.51. The fourth-order valence-corrected chi connectivity index (χ4v) is 2.53. The Labute approximate surface area is 122 Å². The number of nitrogens with two attached hydrogens (primary N) is 1. The highest BCUT2D eigenvalue weighted by atomic mass is 32.1. The predicted octanol–water partition coefficient (Wildman–Crippen LogP) is 2.44. The monoisotopic (exact) mass is 292 g/mol. The average Bonchev–Trinajstić information content (AvgIpc) is 2.75. The van der Waals surface area contributed by atoms with Crippen molar-refractivity contribution in [1.82, 2.24) is 9.97 Å². The fourth-order valence-electron chi connectivity index (χ4n) is 1.72. The Bertz CT molecular complexity index is 592. The van der Waals surface area contributed by atoms with Crippen molar-refractivity contribution in [2.75, 3.05) is 11.9 Å². The Kier molecular flexibility index (Phi) is 4.44. The van der Waals surface area contributed by atoms with Gasteiger partial charge < -0.3 is 11.1 Å². The second-order valence-corrected chi connectivity index (χ2v) is 5.75. The molecule has 0 saturated carbocycles. The summed E-state index contributed by atoms with van der Waals surface area (Å²) in [6.07, 6.45) is 0.858. The van der Waals surface area contributed by atoms with Crippen LogP contribution in [0, 0.1) is 13.8 Å². The van der Waals surface area contributed by atoms with Crippen LogP contribution in [0.2, 0.25) is 0 Å². The first-order valence-electron chi connectivity index (χ1n) is 5.98. The van der Waals surface area contributed by atoms with Gasteiger partial charge >= 0.3 is 0 Å². The van der Waals surface area contributed by atoms with Crippen LogP contribution in [0.15, 0.2) is 17.5 Å². The lowest BCUT2D eigenvalue weighted by Gasteiger charge is -2.10. The van der Waals surface area contributed by atoms with Crippen LogP contribution in [0.25, 0.3) is 0 Å². The summed E-state index contributed by atoms with van der Waals surface area (Å²) in [5, 5.41) is 6.45. The molecule has 3 N–H and O–H groups in total. The van der Waals surface area contributed by atoms with Gasteiger partial charge in [0.25, 0.3) is 0 Å². The molecule has 2 rings (SSSR count). The summed E-state index contributed by atoms with van der Waals surface area (Å²) in [5.74, 6) is 0.749. The van der Waals surface area contributed by atoms with Gasteiger partial charge in [0.1, 0.15) is 10.8 Å². The van der Waals surface area contributed by atoms with Crippen LogP contribution in [0.5, 0.6) is 0 Å². The van der Waals surface area contributed by atoms with Gasteiger partial charge in [0.2, 0.25) is 0 Å². The molecule has 0 aliphatic rings. The number of nitrogens with one attached hydrogen (secondary N) is 1. The first-order chi connectivity index (χ1) is 9.06. The van der Waals surface area contributed by atoms with Gasteiger partial charge in [0, 0.05) is 24.0 Å². The summed E-state index contributed by atoms with van der Waals surface area (Å²) in [6, 6.07) is 3.81. The van der Waals surface area contributed by atoms with Gasteiger partial charge in [-0.2, -0.15) is 0 Å². The molecule has 6 heteroatoms. The number of pyridine rings is 1. The number of anilines is 1. The molecule has 0 aromatic carbocycles. The topological polar surface area (TPSA) is 63.8 Å². The van der Waals surface area contributed by atoms with Crippen molar-refractivity contribution >= 4 is 34.4 Å². The minimum absolute atomic E-state index is 0.361. The Hall–Kier alpha value is -1.53. The van der Waals surface area contributed by atoms with Gasteiger partial charge in [0.05, 0.1) is 16.3 Å². The molecule has 0 fully saturated rings.